The lowest BCUT2D eigenvalue weighted by molar-refractivity contribution is -0.141. The highest BCUT2D eigenvalue weighted by atomic mass is 19.4. The third-order valence-electron chi connectivity index (χ3n) is 4.02. The summed E-state index contributed by atoms with van der Waals surface area (Å²) in [4.78, 5) is 22.6. The number of aryl methyl sites for hydroxylation is 1. The molecule has 1 amide bonds. The zero-order valence-electron chi connectivity index (χ0n) is 16.0. The maximum absolute atomic E-state index is 12.8. The van der Waals surface area contributed by atoms with Crippen LogP contribution >= 0.6 is 0 Å². The average Bonchev–Trinajstić information content (AvgIpc) is 3.28. The molecule has 0 radical (unpaired) electrons. The molecule has 3 heterocycles. The first kappa shape index (κ1) is 20.3. The molecule has 3 aromatic rings. The Morgan fingerprint density at radius 3 is 2.66 bits per heavy atom. The maximum Gasteiger partial charge on any atom is 0.435 e. The lowest BCUT2D eigenvalue weighted by Crippen LogP contribution is -2.28. The molecule has 154 valence electrons. The van der Waals surface area contributed by atoms with Gasteiger partial charge in [0.25, 0.3) is 5.91 Å². The largest absolute Gasteiger partial charge is 0.435 e. The van der Waals surface area contributed by atoms with Crippen molar-refractivity contribution in [3.63, 3.8) is 0 Å². The van der Waals surface area contributed by atoms with Crippen LogP contribution in [0.5, 0.6) is 0 Å². The summed E-state index contributed by atoms with van der Waals surface area (Å²) in [5.41, 5.74) is -0.723. The number of alkyl halides is 3. The molecular formula is C17H18F3N7O2. The van der Waals surface area contributed by atoms with Crippen molar-refractivity contribution >= 4 is 11.7 Å². The molecule has 1 atom stereocenters. The lowest BCUT2D eigenvalue weighted by Gasteiger charge is -2.11. The number of hydrogen-bond acceptors (Lipinski definition) is 7. The summed E-state index contributed by atoms with van der Waals surface area (Å²) >= 11 is 0. The molecule has 0 aliphatic heterocycles. The molecule has 3 aromatic heterocycles. The first-order valence-corrected chi connectivity index (χ1v) is 8.45. The van der Waals surface area contributed by atoms with Crippen LogP contribution in [0.15, 0.2) is 28.9 Å². The molecule has 9 nitrogen and oxygen atoms in total. The summed E-state index contributed by atoms with van der Waals surface area (Å²) < 4.78 is 44.4. The molecule has 0 saturated heterocycles. The fraction of sp³-hybridized carbons (Fsp3) is 0.353. The summed E-state index contributed by atoms with van der Waals surface area (Å²) in [7, 11) is 4.94. The van der Waals surface area contributed by atoms with E-state index in [1.54, 1.807) is 25.3 Å². The Morgan fingerprint density at radius 1 is 1.31 bits per heavy atom. The Kier molecular flexibility index (Phi) is 5.27. The highest BCUT2D eigenvalue weighted by Crippen LogP contribution is 2.28. The predicted octanol–water partition coefficient (Wildman–Crippen LogP) is 2.44. The van der Waals surface area contributed by atoms with Crippen molar-refractivity contribution in [2.75, 3.05) is 19.0 Å². The van der Waals surface area contributed by atoms with Crippen LogP contribution in [-0.2, 0) is 13.2 Å². The molecule has 0 aromatic carbocycles. The van der Waals surface area contributed by atoms with Gasteiger partial charge in [0.2, 0.25) is 11.7 Å². The van der Waals surface area contributed by atoms with Gasteiger partial charge in [-0.1, -0.05) is 5.16 Å². The van der Waals surface area contributed by atoms with E-state index in [4.69, 9.17) is 4.52 Å². The number of halogens is 3. The summed E-state index contributed by atoms with van der Waals surface area (Å²) in [6.45, 7) is 1.58. The molecule has 29 heavy (non-hydrogen) atoms. The molecule has 0 aliphatic rings. The molecule has 0 fully saturated rings. The second-order valence-electron chi connectivity index (χ2n) is 6.48. The van der Waals surface area contributed by atoms with Crippen molar-refractivity contribution in [3.05, 3.63) is 41.7 Å². The SMILES string of the molecule is C[C@H](NC(=O)c1cc(C(F)(F)F)nn1C)c1nc(-c2ccnc(N(C)C)c2)no1. The standard InChI is InChI=1S/C17H18F3N7O2/c1-9(22-15(28)11-8-12(17(18,19)20)24-27(11)4)16-23-14(25-29-16)10-5-6-21-13(7-10)26(2)3/h5-9H,1-4H3,(H,22,28)/t9-/m0/s1. The van der Waals surface area contributed by atoms with Gasteiger partial charge in [-0.15, -0.1) is 0 Å². The van der Waals surface area contributed by atoms with Crippen LogP contribution in [0, 0.1) is 0 Å². The molecule has 1 N–H and O–H groups in total. The van der Waals surface area contributed by atoms with Gasteiger partial charge in [0.15, 0.2) is 5.69 Å². The number of anilines is 1. The van der Waals surface area contributed by atoms with Crippen molar-refractivity contribution < 1.29 is 22.5 Å². The van der Waals surface area contributed by atoms with E-state index in [2.05, 4.69) is 25.5 Å². The van der Waals surface area contributed by atoms with Gasteiger partial charge in [-0.25, -0.2) is 4.98 Å². The van der Waals surface area contributed by atoms with E-state index in [-0.39, 0.29) is 11.6 Å². The van der Waals surface area contributed by atoms with E-state index in [1.165, 1.54) is 7.05 Å². The van der Waals surface area contributed by atoms with Gasteiger partial charge in [0.1, 0.15) is 17.6 Å². The molecule has 0 aliphatic carbocycles. The van der Waals surface area contributed by atoms with Crippen molar-refractivity contribution in [1.29, 1.82) is 0 Å². The van der Waals surface area contributed by atoms with Gasteiger partial charge in [0.05, 0.1) is 0 Å². The third-order valence-corrected chi connectivity index (χ3v) is 4.02. The smallest absolute Gasteiger partial charge is 0.363 e. The van der Waals surface area contributed by atoms with Crippen molar-refractivity contribution in [3.8, 4) is 11.4 Å². The fourth-order valence-corrected chi connectivity index (χ4v) is 2.48. The van der Waals surface area contributed by atoms with E-state index >= 15 is 0 Å². The minimum absolute atomic E-state index is 0.106. The molecule has 3 rings (SSSR count). The topological polar surface area (TPSA) is 102 Å². The number of carbonyl (C=O) groups is 1. The first-order chi connectivity index (χ1) is 13.6. The second kappa shape index (κ2) is 7.53. The highest BCUT2D eigenvalue weighted by molar-refractivity contribution is 5.92. The van der Waals surface area contributed by atoms with Crippen molar-refractivity contribution in [2.45, 2.75) is 19.1 Å². The van der Waals surface area contributed by atoms with Crippen LogP contribution in [0.2, 0.25) is 0 Å². The van der Waals surface area contributed by atoms with Crippen LogP contribution in [0.4, 0.5) is 19.0 Å². The Hall–Kier alpha value is -3.44. The summed E-state index contributed by atoms with van der Waals surface area (Å²) in [6.07, 6.45) is -3.04. The predicted molar refractivity (Wildman–Crippen MR) is 95.9 cm³/mol. The molecular weight excluding hydrogens is 391 g/mol. The average molecular weight is 409 g/mol. The van der Waals surface area contributed by atoms with Crippen LogP contribution in [-0.4, -0.2) is 44.9 Å². The molecule has 0 bridgehead atoms. The van der Waals surface area contributed by atoms with Crippen LogP contribution in [0.1, 0.15) is 35.0 Å². The summed E-state index contributed by atoms with van der Waals surface area (Å²) in [5.74, 6) is 0.356. The minimum Gasteiger partial charge on any atom is -0.363 e. The van der Waals surface area contributed by atoms with E-state index in [0.29, 0.717) is 23.3 Å². The molecule has 0 unspecified atom stereocenters. The van der Waals surface area contributed by atoms with Gasteiger partial charge in [-0.3, -0.25) is 9.48 Å². The number of aromatic nitrogens is 5. The summed E-state index contributed by atoms with van der Waals surface area (Å²) in [5, 5.41) is 9.74. The third kappa shape index (κ3) is 4.36. The number of rotatable bonds is 5. The lowest BCUT2D eigenvalue weighted by atomic mass is 10.2. The van der Waals surface area contributed by atoms with Crippen LogP contribution < -0.4 is 10.2 Å². The van der Waals surface area contributed by atoms with Crippen LogP contribution in [0.3, 0.4) is 0 Å². The second-order valence-corrected chi connectivity index (χ2v) is 6.48. The maximum atomic E-state index is 12.8. The zero-order chi connectivity index (χ0) is 21.3. The van der Waals surface area contributed by atoms with E-state index < -0.39 is 23.8 Å². The van der Waals surface area contributed by atoms with Crippen molar-refractivity contribution in [2.24, 2.45) is 7.05 Å². The summed E-state index contributed by atoms with van der Waals surface area (Å²) in [6, 6.07) is 3.43. The number of pyridine rings is 1. The molecule has 0 saturated carbocycles. The number of hydrogen-bond donors (Lipinski definition) is 1. The Balaban J connectivity index is 1.75. The van der Waals surface area contributed by atoms with Crippen LogP contribution in [0.25, 0.3) is 11.4 Å². The Labute approximate surface area is 163 Å². The van der Waals surface area contributed by atoms with E-state index in [9.17, 15) is 18.0 Å². The van der Waals surface area contributed by atoms with Gasteiger partial charge in [-0.2, -0.15) is 23.3 Å². The number of nitrogens with one attached hydrogen (secondary N) is 1. The van der Waals surface area contributed by atoms with Gasteiger partial charge in [-0.05, 0) is 19.1 Å². The van der Waals surface area contributed by atoms with Gasteiger partial charge >= 0.3 is 6.18 Å². The molecule has 12 heteroatoms. The highest BCUT2D eigenvalue weighted by Gasteiger charge is 2.35. The molecule has 0 spiro atoms. The van der Waals surface area contributed by atoms with Crippen molar-refractivity contribution in [1.82, 2.24) is 30.2 Å². The van der Waals surface area contributed by atoms with E-state index in [0.717, 1.165) is 4.68 Å². The Morgan fingerprint density at radius 2 is 2.03 bits per heavy atom. The zero-order valence-corrected chi connectivity index (χ0v) is 16.0. The quantitative estimate of drug-likeness (QED) is 0.691. The van der Waals surface area contributed by atoms with Gasteiger partial charge < -0.3 is 14.7 Å². The Bertz CT molecular complexity index is 1030. The number of nitrogens with zero attached hydrogens (tertiary/aromatic N) is 6. The number of amides is 1. The first-order valence-electron chi connectivity index (χ1n) is 8.45. The van der Waals surface area contributed by atoms with E-state index in [1.807, 2.05) is 19.0 Å². The fourth-order valence-electron chi connectivity index (χ4n) is 2.48. The monoisotopic (exact) mass is 409 g/mol. The van der Waals surface area contributed by atoms with Gasteiger partial charge in [0, 0.05) is 39.0 Å². The normalized spacial score (nSPS) is 12.7. The number of carbonyl (C=O) groups excluding carboxylic acids is 1. The minimum atomic E-state index is -4.64.